The standard InChI is InChI=1S/5NO3.Ta/c5*2-1(3)4;/q5*-1;+5. The van der Waals surface area contributed by atoms with Crippen LogP contribution in [0, 0.1) is 76.6 Å². The van der Waals surface area contributed by atoms with Gasteiger partial charge in [-0.15, -0.1) is 0 Å². The monoisotopic (exact) mass is 491 g/mol. The maximum atomic E-state index is 8.25. The Kier molecular flexibility index (Phi) is 51.7. The topological polar surface area (TPSA) is 331 Å². The Morgan fingerprint density at radius 3 is 0.333 bits per heavy atom. The Balaban J connectivity index is -0.0000000331. The van der Waals surface area contributed by atoms with Gasteiger partial charge in [-0.2, -0.15) is 0 Å². The molecule has 0 aromatic heterocycles. The SMILES string of the molecule is O=[N+]([O-])[O-].O=[N+]([O-])[O-].O=[N+]([O-])[O-].O=[N+]([O-])[O-].O=[N+]([O-])[O-].[Ta+5]. The third-order valence-electron chi connectivity index (χ3n) is 0. The first-order valence-corrected chi connectivity index (χ1v) is 2.74. The number of rotatable bonds is 0. The molecular weight excluding hydrogens is 491 g/mol. The van der Waals surface area contributed by atoms with Crippen molar-refractivity contribution in [1.29, 1.82) is 0 Å². The smallest absolute Gasteiger partial charge is 0.356 e. The van der Waals surface area contributed by atoms with Gasteiger partial charge in [-0.25, -0.2) is 0 Å². The zero-order valence-electron chi connectivity index (χ0n) is 8.81. The molecule has 21 heavy (non-hydrogen) atoms. The average molecular weight is 491 g/mol. The molecule has 0 spiro atoms. The van der Waals surface area contributed by atoms with Crippen molar-refractivity contribution in [2.24, 2.45) is 0 Å². The molecule has 0 aliphatic rings. The molecule has 0 amide bonds. The minimum absolute atomic E-state index is 0. The van der Waals surface area contributed by atoms with E-state index in [1.807, 2.05) is 0 Å². The molecule has 0 saturated carbocycles. The molecule has 120 valence electrons. The Hall–Kier alpha value is -3.26. The molecule has 0 atom stereocenters. The number of hydrogen-bond acceptors (Lipinski definition) is 15. The van der Waals surface area contributed by atoms with Crippen LogP contribution in [-0.2, 0) is 22.4 Å². The fraction of sp³-hybridized carbons (Fsp3) is 0. The van der Waals surface area contributed by atoms with Crippen LogP contribution >= 0.6 is 0 Å². The third-order valence-corrected chi connectivity index (χ3v) is 0. The summed E-state index contributed by atoms with van der Waals surface area (Å²) in [6.45, 7) is 0. The van der Waals surface area contributed by atoms with E-state index in [0.717, 1.165) is 0 Å². The molecule has 0 aromatic carbocycles. The first-order chi connectivity index (χ1) is 8.66. The van der Waals surface area contributed by atoms with Crippen LogP contribution in [-0.4, -0.2) is 25.4 Å². The molecule has 0 radical (unpaired) electrons. The van der Waals surface area contributed by atoms with Gasteiger partial charge in [0, 0.05) is 0 Å². The van der Waals surface area contributed by atoms with Gasteiger partial charge >= 0.3 is 22.4 Å². The zero-order chi connectivity index (χ0) is 17.9. The van der Waals surface area contributed by atoms with E-state index in [1.54, 1.807) is 0 Å². The van der Waals surface area contributed by atoms with Gasteiger partial charge in [-0.1, -0.05) is 0 Å². The van der Waals surface area contributed by atoms with Gasteiger partial charge in [-0.3, -0.25) is 0 Å². The normalized spacial score (nSPS) is 5.71. The van der Waals surface area contributed by atoms with Gasteiger partial charge in [0.15, 0.2) is 0 Å². The van der Waals surface area contributed by atoms with Gasteiger partial charge in [0.2, 0.25) is 0 Å². The van der Waals surface area contributed by atoms with Gasteiger partial charge in [0.25, 0.3) is 0 Å². The number of nitrogens with zero attached hydrogens (tertiary/aromatic N) is 5. The molecule has 21 heteroatoms. The second-order valence-electron chi connectivity index (χ2n) is 1.12. The van der Waals surface area contributed by atoms with Crippen LogP contribution in [0.1, 0.15) is 0 Å². The first-order valence-electron chi connectivity index (χ1n) is 2.74. The summed E-state index contributed by atoms with van der Waals surface area (Å²) in [6.07, 6.45) is 0. The van der Waals surface area contributed by atoms with E-state index in [2.05, 4.69) is 0 Å². The van der Waals surface area contributed by atoms with Crippen LogP contribution in [0.5, 0.6) is 0 Å². The van der Waals surface area contributed by atoms with E-state index >= 15 is 0 Å². The molecule has 0 bridgehead atoms. The van der Waals surface area contributed by atoms with Crippen LogP contribution in [0.15, 0.2) is 0 Å². The van der Waals surface area contributed by atoms with Crippen LogP contribution in [0.25, 0.3) is 0 Å². The van der Waals surface area contributed by atoms with Crippen LogP contribution in [0.4, 0.5) is 0 Å². The Labute approximate surface area is 125 Å². The van der Waals surface area contributed by atoms with Crippen molar-refractivity contribution in [2.45, 2.75) is 0 Å². The first kappa shape index (κ1) is 36.1. The minimum Gasteiger partial charge on any atom is -0.356 e. The summed E-state index contributed by atoms with van der Waals surface area (Å²) >= 11 is 0. The Morgan fingerprint density at radius 2 is 0.333 bits per heavy atom. The predicted molar refractivity (Wildman–Crippen MR) is 51.8 cm³/mol. The fourth-order valence-corrected chi connectivity index (χ4v) is 0. The van der Waals surface area contributed by atoms with Crippen LogP contribution in [0.2, 0.25) is 0 Å². The van der Waals surface area contributed by atoms with E-state index < -0.39 is 25.4 Å². The molecule has 0 aliphatic heterocycles. The second kappa shape index (κ2) is 30.1. The average Bonchev–Trinajstić information content (AvgIpc) is 1.94. The van der Waals surface area contributed by atoms with E-state index in [1.165, 1.54) is 0 Å². The fourth-order valence-electron chi connectivity index (χ4n) is 0. The van der Waals surface area contributed by atoms with Gasteiger partial charge in [0.05, 0.1) is 25.4 Å². The Morgan fingerprint density at radius 1 is 0.333 bits per heavy atom. The summed E-state index contributed by atoms with van der Waals surface area (Å²) in [5, 5.41) is 73.8. The zero-order valence-corrected chi connectivity index (χ0v) is 12.0. The molecule has 0 saturated heterocycles. The van der Waals surface area contributed by atoms with E-state index in [4.69, 9.17) is 76.6 Å². The predicted octanol–water partition coefficient (Wildman–Crippen LogP) is -1.20. The van der Waals surface area contributed by atoms with Crippen molar-refractivity contribution in [2.75, 3.05) is 0 Å². The summed E-state index contributed by atoms with van der Waals surface area (Å²) < 4.78 is 0. The van der Waals surface area contributed by atoms with Gasteiger partial charge in [0.1, 0.15) is 0 Å². The van der Waals surface area contributed by atoms with Gasteiger partial charge in [-0.05, 0) is 0 Å². The molecule has 0 N–H and O–H groups in total. The summed E-state index contributed by atoms with van der Waals surface area (Å²) in [5.74, 6) is 0. The van der Waals surface area contributed by atoms with Crippen LogP contribution < -0.4 is 0 Å². The van der Waals surface area contributed by atoms with Crippen molar-refractivity contribution in [1.82, 2.24) is 0 Å². The van der Waals surface area contributed by atoms with Crippen molar-refractivity contribution >= 4 is 0 Å². The molecule has 0 heterocycles. The summed E-state index contributed by atoms with van der Waals surface area (Å²) in [5.41, 5.74) is 0. The summed E-state index contributed by atoms with van der Waals surface area (Å²) in [7, 11) is 0. The van der Waals surface area contributed by atoms with Crippen LogP contribution in [0.3, 0.4) is 0 Å². The van der Waals surface area contributed by atoms with Crippen molar-refractivity contribution in [3.63, 3.8) is 0 Å². The van der Waals surface area contributed by atoms with Crippen molar-refractivity contribution < 1.29 is 47.8 Å². The molecule has 0 unspecified atom stereocenters. The summed E-state index contributed by atoms with van der Waals surface area (Å²) in [4.78, 5) is 41.2. The Bertz CT molecular complexity index is 207. The third kappa shape index (κ3) is 342. The molecule has 0 aliphatic carbocycles. The van der Waals surface area contributed by atoms with E-state index in [0.29, 0.717) is 0 Å². The molecule has 20 nitrogen and oxygen atoms in total. The van der Waals surface area contributed by atoms with Gasteiger partial charge < -0.3 is 76.6 Å². The maximum absolute atomic E-state index is 8.25. The largest absolute Gasteiger partial charge is 5.00 e. The number of hydrogen-bond donors (Lipinski definition) is 0. The quantitative estimate of drug-likeness (QED) is 0.284. The van der Waals surface area contributed by atoms with Crippen molar-refractivity contribution in [3.05, 3.63) is 76.6 Å². The van der Waals surface area contributed by atoms with E-state index in [-0.39, 0.29) is 22.4 Å². The molecule has 0 rings (SSSR count). The molecule has 0 aromatic rings. The minimum atomic E-state index is -1.75. The maximum Gasteiger partial charge on any atom is 5.00 e. The molecule has 0 fully saturated rings. The summed E-state index contributed by atoms with van der Waals surface area (Å²) in [6, 6.07) is 0. The molecular formula is N5O15Ta. The van der Waals surface area contributed by atoms with E-state index in [9.17, 15) is 0 Å². The van der Waals surface area contributed by atoms with Crippen molar-refractivity contribution in [3.8, 4) is 0 Å². The second-order valence-corrected chi connectivity index (χ2v) is 1.12.